The van der Waals surface area contributed by atoms with Crippen molar-refractivity contribution < 1.29 is 24.6 Å². The largest absolute Gasteiger partial charge is 0.481 e. The molecule has 1 unspecified atom stereocenters. The molecule has 104 valence electrons. The third-order valence-electron chi connectivity index (χ3n) is 2.23. The number of aliphatic carboxylic acids is 2. The third kappa shape index (κ3) is 4.28. The number of carbonyl (C=O) groups excluding carboxylic acids is 1. The summed E-state index contributed by atoms with van der Waals surface area (Å²) in [6.07, 6.45) is 0.634. The van der Waals surface area contributed by atoms with Crippen LogP contribution in [0, 0.1) is 0 Å². The summed E-state index contributed by atoms with van der Waals surface area (Å²) in [4.78, 5) is 33.4. The van der Waals surface area contributed by atoms with Gasteiger partial charge in [0.25, 0.3) is 5.91 Å². The molecule has 0 aliphatic rings. The van der Waals surface area contributed by atoms with Crippen molar-refractivity contribution in [3.63, 3.8) is 0 Å². The number of hydrogen-bond acceptors (Lipinski definition) is 6. The Kier molecular flexibility index (Phi) is 5.37. The van der Waals surface area contributed by atoms with Crippen LogP contribution in [-0.2, 0) is 16.0 Å². The first-order valence-corrected chi connectivity index (χ1v) is 6.29. The Morgan fingerprint density at radius 3 is 2.58 bits per heavy atom. The molecular weight excluding hydrogens is 274 g/mol. The van der Waals surface area contributed by atoms with Gasteiger partial charge in [0.05, 0.1) is 12.1 Å². The number of aromatic nitrogens is 2. The fraction of sp³-hybridized carbons (Fsp3) is 0.500. The van der Waals surface area contributed by atoms with Crippen LogP contribution < -0.4 is 5.32 Å². The molecule has 1 atom stereocenters. The summed E-state index contributed by atoms with van der Waals surface area (Å²) >= 11 is 0.857. The van der Waals surface area contributed by atoms with E-state index >= 15 is 0 Å². The maximum Gasteiger partial charge on any atom is 0.326 e. The number of hydrogen-bond donors (Lipinski definition) is 3. The zero-order chi connectivity index (χ0) is 14.4. The molecule has 1 aromatic rings. The molecule has 19 heavy (non-hydrogen) atoms. The molecule has 0 spiro atoms. The monoisotopic (exact) mass is 287 g/mol. The first-order valence-electron chi connectivity index (χ1n) is 5.52. The van der Waals surface area contributed by atoms with Gasteiger partial charge in [0, 0.05) is 0 Å². The summed E-state index contributed by atoms with van der Waals surface area (Å²) in [6.45, 7) is 1.91. The van der Waals surface area contributed by atoms with Crippen LogP contribution in [0.1, 0.15) is 35.1 Å². The molecule has 8 nitrogen and oxygen atoms in total. The number of carbonyl (C=O) groups is 3. The highest BCUT2D eigenvalue weighted by atomic mass is 32.1. The highest BCUT2D eigenvalue weighted by molar-refractivity contribution is 7.08. The second kappa shape index (κ2) is 6.78. The van der Waals surface area contributed by atoms with Crippen molar-refractivity contribution in [3.8, 4) is 0 Å². The first-order chi connectivity index (χ1) is 8.95. The number of nitrogens with zero attached hydrogens (tertiary/aromatic N) is 2. The van der Waals surface area contributed by atoms with Crippen LogP contribution in [0.5, 0.6) is 0 Å². The van der Waals surface area contributed by atoms with Crippen LogP contribution >= 0.6 is 11.5 Å². The molecule has 0 aliphatic heterocycles. The SMILES string of the molecule is CCCc1nnsc1C(=O)NC(CC(=O)O)C(=O)O. The van der Waals surface area contributed by atoms with E-state index in [0.717, 1.165) is 18.0 Å². The summed E-state index contributed by atoms with van der Waals surface area (Å²) in [7, 11) is 0. The Morgan fingerprint density at radius 2 is 2.05 bits per heavy atom. The van der Waals surface area contributed by atoms with E-state index in [9.17, 15) is 14.4 Å². The van der Waals surface area contributed by atoms with Crippen molar-refractivity contribution >= 4 is 29.4 Å². The Bertz CT molecular complexity index is 487. The molecule has 1 amide bonds. The van der Waals surface area contributed by atoms with Crippen LogP contribution in [0.4, 0.5) is 0 Å². The Balaban J connectivity index is 2.78. The fourth-order valence-electron chi connectivity index (χ4n) is 1.38. The van der Waals surface area contributed by atoms with Gasteiger partial charge in [-0.15, -0.1) is 5.10 Å². The molecule has 1 aromatic heterocycles. The molecule has 0 bridgehead atoms. The molecular formula is C10H13N3O5S. The lowest BCUT2D eigenvalue weighted by atomic mass is 10.2. The van der Waals surface area contributed by atoms with Gasteiger partial charge in [0.1, 0.15) is 10.9 Å². The molecule has 1 rings (SSSR count). The maximum atomic E-state index is 11.9. The van der Waals surface area contributed by atoms with Gasteiger partial charge in [-0.2, -0.15) is 0 Å². The molecule has 0 radical (unpaired) electrons. The smallest absolute Gasteiger partial charge is 0.326 e. The van der Waals surface area contributed by atoms with Crippen LogP contribution in [-0.4, -0.2) is 43.7 Å². The number of rotatable bonds is 7. The summed E-state index contributed by atoms with van der Waals surface area (Å²) in [5.74, 6) is -3.36. The standard InChI is InChI=1S/C10H13N3O5S/c1-2-3-5-8(19-13-12-5)9(16)11-6(10(17)18)4-7(14)15/h6H,2-4H2,1H3,(H,11,16)(H,14,15)(H,17,18). The number of carboxylic acid groups (broad SMARTS) is 2. The highest BCUT2D eigenvalue weighted by Gasteiger charge is 2.25. The summed E-state index contributed by atoms with van der Waals surface area (Å²) in [6, 6.07) is -1.47. The van der Waals surface area contributed by atoms with Crippen molar-refractivity contribution in [3.05, 3.63) is 10.6 Å². The highest BCUT2D eigenvalue weighted by Crippen LogP contribution is 2.12. The first kappa shape index (κ1) is 15.0. The van der Waals surface area contributed by atoms with E-state index in [-0.39, 0.29) is 4.88 Å². The predicted octanol–water partition coefficient (Wildman–Crippen LogP) is 0.148. The number of amides is 1. The Labute approximate surface area is 112 Å². The van der Waals surface area contributed by atoms with Gasteiger partial charge in [-0.25, -0.2) is 4.79 Å². The summed E-state index contributed by atoms with van der Waals surface area (Å²) in [5.41, 5.74) is 0.490. The van der Waals surface area contributed by atoms with Crippen molar-refractivity contribution in [1.29, 1.82) is 0 Å². The van der Waals surface area contributed by atoms with E-state index < -0.39 is 30.3 Å². The average Bonchev–Trinajstić information content (AvgIpc) is 2.76. The van der Waals surface area contributed by atoms with E-state index in [1.807, 2.05) is 6.92 Å². The third-order valence-corrected chi connectivity index (χ3v) is 3.00. The predicted molar refractivity (Wildman–Crippen MR) is 65.0 cm³/mol. The van der Waals surface area contributed by atoms with Gasteiger partial charge < -0.3 is 15.5 Å². The number of carboxylic acids is 2. The molecule has 0 aliphatic carbocycles. The molecule has 0 saturated carbocycles. The van der Waals surface area contributed by atoms with Crippen LogP contribution in [0.25, 0.3) is 0 Å². The minimum Gasteiger partial charge on any atom is -0.481 e. The Morgan fingerprint density at radius 1 is 1.37 bits per heavy atom. The van der Waals surface area contributed by atoms with E-state index in [1.54, 1.807) is 0 Å². The average molecular weight is 287 g/mol. The molecule has 9 heteroatoms. The van der Waals surface area contributed by atoms with E-state index in [4.69, 9.17) is 10.2 Å². The van der Waals surface area contributed by atoms with Crippen molar-refractivity contribution in [2.45, 2.75) is 32.2 Å². The number of nitrogens with one attached hydrogen (secondary N) is 1. The van der Waals surface area contributed by atoms with Gasteiger partial charge in [0.15, 0.2) is 0 Å². The van der Waals surface area contributed by atoms with Crippen LogP contribution in [0.15, 0.2) is 0 Å². The van der Waals surface area contributed by atoms with Gasteiger partial charge in [0.2, 0.25) is 0 Å². The van der Waals surface area contributed by atoms with Crippen molar-refractivity contribution in [1.82, 2.24) is 14.9 Å². The molecule has 0 aromatic carbocycles. The minimum absolute atomic E-state index is 0.221. The topological polar surface area (TPSA) is 129 Å². The zero-order valence-electron chi connectivity index (χ0n) is 10.1. The lowest BCUT2D eigenvalue weighted by Gasteiger charge is -2.11. The minimum atomic E-state index is -1.47. The van der Waals surface area contributed by atoms with Gasteiger partial charge in [-0.1, -0.05) is 17.8 Å². The molecule has 0 saturated heterocycles. The lowest BCUT2D eigenvalue weighted by Crippen LogP contribution is -2.42. The van der Waals surface area contributed by atoms with E-state index in [1.165, 1.54) is 0 Å². The van der Waals surface area contributed by atoms with Crippen LogP contribution in [0.3, 0.4) is 0 Å². The van der Waals surface area contributed by atoms with Gasteiger partial charge in [-0.05, 0) is 18.0 Å². The molecule has 3 N–H and O–H groups in total. The lowest BCUT2D eigenvalue weighted by molar-refractivity contribution is -0.145. The second-order valence-corrected chi connectivity index (χ2v) is 4.52. The summed E-state index contributed by atoms with van der Waals surface area (Å²) < 4.78 is 3.64. The van der Waals surface area contributed by atoms with Gasteiger partial charge >= 0.3 is 11.9 Å². The zero-order valence-corrected chi connectivity index (χ0v) is 10.9. The quantitative estimate of drug-likeness (QED) is 0.650. The summed E-state index contributed by atoms with van der Waals surface area (Å²) in [5, 5.41) is 23.4. The van der Waals surface area contributed by atoms with E-state index in [2.05, 4.69) is 14.9 Å². The number of aryl methyl sites for hydroxylation is 1. The van der Waals surface area contributed by atoms with Crippen LogP contribution in [0.2, 0.25) is 0 Å². The van der Waals surface area contributed by atoms with Crippen molar-refractivity contribution in [2.24, 2.45) is 0 Å². The maximum absolute atomic E-state index is 11.9. The van der Waals surface area contributed by atoms with E-state index in [0.29, 0.717) is 12.1 Å². The second-order valence-electron chi connectivity index (χ2n) is 3.76. The fourth-order valence-corrected chi connectivity index (χ4v) is 1.99. The van der Waals surface area contributed by atoms with Crippen molar-refractivity contribution in [2.75, 3.05) is 0 Å². The van der Waals surface area contributed by atoms with Gasteiger partial charge in [-0.3, -0.25) is 9.59 Å². The molecule has 0 fully saturated rings. The normalized spacial score (nSPS) is 11.8. The Hall–Kier alpha value is -2.03. The molecule has 1 heterocycles.